The number of rotatable bonds is 4. The van der Waals surface area contributed by atoms with Gasteiger partial charge < -0.3 is 15.6 Å². The van der Waals surface area contributed by atoms with Gasteiger partial charge in [0.1, 0.15) is 6.04 Å². The molecule has 0 aliphatic heterocycles. The number of carboxylic acid groups (broad SMARTS) is 1. The van der Waals surface area contributed by atoms with Gasteiger partial charge in [-0.05, 0) is 18.6 Å². The Morgan fingerprint density at radius 2 is 2.06 bits per heavy atom. The lowest BCUT2D eigenvalue weighted by Crippen LogP contribution is -2.23. The molecule has 0 saturated carbocycles. The summed E-state index contributed by atoms with van der Waals surface area (Å²) in [7, 11) is 0. The lowest BCUT2D eigenvalue weighted by molar-refractivity contribution is -0.138. The molecular formula is C11H13NO4. The second kappa shape index (κ2) is 5.27. The van der Waals surface area contributed by atoms with Gasteiger partial charge in [-0.1, -0.05) is 18.2 Å². The van der Waals surface area contributed by atoms with Crippen LogP contribution in [-0.4, -0.2) is 23.7 Å². The third-order valence-corrected chi connectivity index (χ3v) is 2.06. The first kappa shape index (κ1) is 12.2. The highest BCUT2D eigenvalue weighted by Gasteiger charge is 2.21. The van der Waals surface area contributed by atoms with Crippen LogP contribution in [0.3, 0.4) is 0 Å². The molecule has 5 heteroatoms. The average Bonchev–Trinajstić information content (AvgIpc) is 2.28. The van der Waals surface area contributed by atoms with Crippen LogP contribution in [-0.2, 0) is 9.53 Å². The van der Waals surface area contributed by atoms with Gasteiger partial charge in [0.2, 0.25) is 0 Å². The number of carbonyl (C=O) groups is 2. The lowest BCUT2D eigenvalue weighted by atomic mass is 10.0. The molecule has 0 spiro atoms. The van der Waals surface area contributed by atoms with Gasteiger partial charge in [-0.15, -0.1) is 0 Å². The van der Waals surface area contributed by atoms with Crippen molar-refractivity contribution in [1.82, 2.24) is 0 Å². The summed E-state index contributed by atoms with van der Waals surface area (Å²) in [6, 6.07) is 5.03. The summed E-state index contributed by atoms with van der Waals surface area (Å²) in [4.78, 5) is 22.3. The van der Waals surface area contributed by atoms with Crippen LogP contribution in [0.1, 0.15) is 28.9 Å². The maximum atomic E-state index is 11.5. The molecule has 0 radical (unpaired) electrons. The topological polar surface area (TPSA) is 89.6 Å². The van der Waals surface area contributed by atoms with Crippen LogP contribution in [0.5, 0.6) is 0 Å². The molecule has 0 saturated heterocycles. The molecule has 16 heavy (non-hydrogen) atoms. The second-order valence-electron chi connectivity index (χ2n) is 3.12. The summed E-state index contributed by atoms with van der Waals surface area (Å²) in [6.45, 7) is 1.91. The first-order valence-corrected chi connectivity index (χ1v) is 4.82. The van der Waals surface area contributed by atoms with Crippen molar-refractivity contribution in [3.63, 3.8) is 0 Å². The van der Waals surface area contributed by atoms with Crippen LogP contribution in [0.25, 0.3) is 0 Å². The van der Waals surface area contributed by atoms with Crippen molar-refractivity contribution in [3.05, 3.63) is 35.4 Å². The summed E-state index contributed by atoms with van der Waals surface area (Å²) >= 11 is 0. The van der Waals surface area contributed by atoms with Gasteiger partial charge in [0.15, 0.2) is 0 Å². The van der Waals surface area contributed by atoms with Crippen LogP contribution in [0, 0.1) is 0 Å². The Hall–Kier alpha value is -1.88. The molecule has 1 aromatic rings. The third kappa shape index (κ3) is 2.58. The predicted octanol–water partition coefficient (Wildman–Crippen LogP) is 0.948. The van der Waals surface area contributed by atoms with E-state index in [9.17, 15) is 9.59 Å². The Kier molecular flexibility index (Phi) is 4.02. The highest BCUT2D eigenvalue weighted by molar-refractivity contribution is 5.93. The number of benzene rings is 1. The number of esters is 1. The van der Waals surface area contributed by atoms with E-state index in [2.05, 4.69) is 0 Å². The minimum atomic E-state index is -1.22. The molecule has 0 fully saturated rings. The number of carbonyl (C=O) groups excluding carboxylic acids is 1. The van der Waals surface area contributed by atoms with Gasteiger partial charge in [0.05, 0.1) is 12.2 Å². The van der Waals surface area contributed by atoms with E-state index in [0.717, 1.165) is 0 Å². The van der Waals surface area contributed by atoms with Crippen LogP contribution >= 0.6 is 0 Å². The largest absolute Gasteiger partial charge is 0.480 e. The quantitative estimate of drug-likeness (QED) is 0.741. The second-order valence-corrected chi connectivity index (χ2v) is 3.12. The molecule has 86 valence electrons. The van der Waals surface area contributed by atoms with E-state index in [0.29, 0.717) is 0 Å². The van der Waals surface area contributed by atoms with Crippen molar-refractivity contribution in [2.24, 2.45) is 5.73 Å². The summed E-state index contributed by atoms with van der Waals surface area (Å²) in [5.41, 5.74) is 5.92. The number of hydrogen-bond donors (Lipinski definition) is 2. The monoisotopic (exact) mass is 223 g/mol. The summed E-state index contributed by atoms with van der Waals surface area (Å²) < 4.78 is 4.81. The number of ether oxygens (including phenoxy) is 1. The van der Waals surface area contributed by atoms with Crippen LogP contribution in [0.4, 0.5) is 0 Å². The fourth-order valence-electron chi connectivity index (χ4n) is 1.30. The smallest absolute Gasteiger partial charge is 0.338 e. The predicted molar refractivity (Wildman–Crippen MR) is 57.0 cm³/mol. The van der Waals surface area contributed by atoms with Crippen molar-refractivity contribution in [2.45, 2.75) is 13.0 Å². The van der Waals surface area contributed by atoms with E-state index >= 15 is 0 Å². The van der Waals surface area contributed by atoms with E-state index < -0.39 is 18.0 Å². The minimum absolute atomic E-state index is 0.194. The number of hydrogen-bond acceptors (Lipinski definition) is 4. The molecule has 5 nitrogen and oxygen atoms in total. The molecule has 0 amide bonds. The molecule has 1 rings (SSSR count). The van der Waals surface area contributed by atoms with E-state index in [-0.39, 0.29) is 17.7 Å². The minimum Gasteiger partial charge on any atom is -0.480 e. The van der Waals surface area contributed by atoms with Crippen molar-refractivity contribution in [2.75, 3.05) is 6.61 Å². The zero-order chi connectivity index (χ0) is 12.1. The molecule has 0 aromatic heterocycles. The van der Waals surface area contributed by atoms with Gasteiger partial charge >= 0.3 is 11.9 Å². The van der Waals surface area contributed by atoms with Crippen molar-refractivity contribution in [1.29, 1.82) is 0 Å². The van der Waals surface area contributed by atoms with Crippen molar-refractivity contribution >= 4 is 11.9 Å². The SMILES string of the molecule is CCOC(=O)c1ccccc1C(N)C(=O)O. The summed E-state index contributed by atoms with van der Waals surface area (Å²) in [5.74, 6) is -1.74. The molecule has 0 bridgehead atoms. The normalized spacial score (nSPS) is 11.9. The molecule has 0 heterocycles. The molecule has 1 unspecified atom stereocenters. The average molecular weight is 223 g/mol. The highest BCUT2D eigenvalue weighted by Crippen LogP contribution is 2.17. The standard InChI is InChI=1S/C11H13NO4/c1-2-16-11(15)8-6-4-3-5-7(8)9(12)10(13)14/h3-6,9H,2,12H2,1H3,(H,13,14). The van der Waals surface area contributed by atoms with E-state index in [1.807, 2.05) is 0 Å². The molecule has 3 N–H and O–H groups in total. The van der Waals surface area contributed by atoms with E-state index in [1.165, 1.54) is 12.1 Å². The highest BCUT2D eigenvalue weighted by atomic mass is 16.5. The Morgan fingerprint density at radius 1 is 1.44 bits per heavy atom. The lowest BCUT2D eigenvalue weighted by Gasteiger charge is -2.11. The van der Waals surface area contributed by atoms with Crippen LogP contribution in [0.2, 0.25) is 0 Å². The van der Waals surface area contributed by atoms with Gasteiger partial charge in [0, 0.05) is 0 Å². The fourth-order valence-corrected chi connectivity index (χ4v) is 1.30. The fraction of sp³-hybridized carbons (Fsp3) is 0.273. The zero-order valence-corrected chi connectivity index (χ0v) is 8.84. The molecule has 0 aliphatic rings. The molecular weight excluding hydrogens is 210 g/mol. The Labute approximate surface area is 92.8 Å². The molecule has 1 aromatic carbocycles. The number of nitrogens with two attached hydrogens (primary N) is 1. The van der Waals surface area contributed by atoms with Gasteiger partial charge in [-0.2, -0.15) is 0 Å². The maximum absolute atomic E-state index is 11.5. The molecule has 0 aliphatic carbocycles. The van der Waals surface area contributed by atoms with Gasteiger partial charge in [-0.3, -0.25) is 4.79 Å². The van der Waals surface area contributed by atoms with Crippen LogP contribution < -0.4 is 5.73 Å². The first-order valence-electron chi connectivity index (χ1n) is 4.82. The van der Waals surface area contributed by atoms with E-state index in [4.69, 9.17) is 15.6 Å². The first-order chi connectivity index (χ1) is 7.57. The van der Waals surface area contributed by atoms with Gasteiger partial charge in [-0.25, -0.2) is 4.79 Å². The summed E-state index contributed by atoms with van der Waals surface area (Å²) in [5, 5.41) is 8.79. The summed E-state index contributed by atoms with van der Waals surface area (Å²) in [6.07, 6.45) is 0. The number of carboxylic acids is 1. The van der Waals surface area contributed by atoms with Crippen molar-refractivity contribution < 1.29 is 19.4 Å². The van der Waals surface area contributed by atoms with E-state index in [1.54, 1.807) is 19.1 Å². The molecule has 1 atom stereocenters. The zero-order valence-electron chi connectivity index (χ0n) is 8.84. The Morgan fingerprint density at radius 3 is 2.62 bits per heavy atom. The van der Waals surface area contributed by atoms with Crippen molar-refractivity contribution in [3.8, 4) is 0 Å². The maximum Gasteiger partial charge on any atom is 0.338 e. The van der Waals surface area contributed by atoms with Gasteiger partial charge in [0.25, 0.3) is 0 Å². The van der Waals surface area contributed by atoms with Crippen LogP contribution in [0.15, 0.2) is 24.3 Å². The number of aliphatic carboxylic acids is 1. The Bertz CT molecular complexity index is 403. The third-order valence-electron chi connectivity index (χ3n) is 2.06. The Balaban J connectivity index is 3.09.